The van der Waals surface area contributed by atoms with E-state index in [0.29, 0.717) is 21.8 Å². The Labute approximate surface area is 135 Å². The van der Waals surface area contributed by atoms with Crippen LogP contribution >= 0.6 is 34.2 Å². The first-order chi connectivity index (χ1) is 9.52. The van der Waals surface area contributed by atoms with Gasteiger partial charge in [0.25, 0.3) is 5.91 Å². The zero-order valence-corrected chi connectivity index (χ0v) is 13.5. The van der Waals surface area contributed by atoms with Gasteiger partial charge in [-0.05, 0) is 59.0 Å². The number of rotatable bonds is 2. The minimum Gasteiger partial charge on any atom is -0.311 e. The van der Waals surface area contributed by atoms with Crippen LogP contribution in [-0.4, -0.2) is 13.0 Å². The van der Waals surface area contributed by atoms with Gasteiger partial charge in [0.2, 0.25) is 0 Å². The quantitative estimate of drug-likeness (QED) is 0.718. The van der Waals surface area contributed by atoms with Crippen molar-refractivity contribution in [2.75, 3.05) is 11.9 Å². The molecule has 2 rings (SSSR count). The number of anilines is 1. The van der Waals surface area contributed by atoms with E-state index < -0.39 is 0 Å². The molecule has 0 heterocycles. The van der Waals surface area contributed by atoms with Gasteiger partial charge in [0.15, 0.2) is 0 Å². The first kappa shape index (κ1) is 14.8. The molecule has 0 bridgehead atoms. The van der Waals surface area contributed by atoms with Gasteiger partial charge in [-0.15, -0.1) is 0 Å². The van der Waals surface area contributed by atoms with Crippen molar-refractivity contribution < 1.29 is 4.79 Å². The van der Waals surface area contributed by atoms with Crippen LogP contribution < -0.4 is 4.90 Å². The third-order valence-corrected chi connectivity index (χ3v) is 4.41. The van der Waals surface area contributed by atoms with Crippen LogP contribution in [0.5, 0.6) is 0 Å². The molecule has 0 fully saturated rings. The fourth-order valence-electron chi connectivity index (χ4n) is 1.72. The lowest BCUT2D eigenvalue weighted by atomic mass is 10.1. The van der Waals surface area contributed by atoms with Crippen molar-refractivity contribution >= 4 is 45.8 Å². The van der Waals surface area contributed by atoms with E-state index in [-0.39, 0.29) is 5.91 Å². The smallest absolute Gasteiger partial charge is 0.258 e. The van der Waals surface area contributed by atoms with Gasteiger partial charge < -0.3 is 4.90 Å². The maximum atomic E-state index is 12.4. The SMILES string of the molecule is CN(C(=O)c1ccc(I)c(Cl)c1)c1cccc(C#N)c1. The van der Waals surface area contributed by atoms with Crippen LogP contribution in [0.1, 0.15) is 15.9 Å². The predicted octanol–water partition coefficient (Wildman–Crippen LogP) is 4.09. The number of nitriles is 1. The number of carbonyl (C=O) groups is 1. The number of halogens is 2. The van der Waals surface area contributed by atoms with Gasteiger partial charge in [-0.25, -0.2) is 0 Å². The summed E-state index contributed by atoms with van der Waals surface area (Å²) in [7, 11) is 1.67. The van der Waals surface area contributed by atoms with Crippen molar-refractivity contribution in [3.63, 3.8) is 0 Å². The van der Waals surface area contributed by atoms with E-state index in [1.165, 1.54) is 4.90 Å². The topological polar surface area (TPSA) is 44.1 Å². The number of benzene rings is 2. The molecule has 0 N–H and O–H groups in total. The van der Waals surface area contributed by atoms with Crippen molar-refractivity contribution in [2.24, 2.45) is 0 Å². The van der Waals surface area contributed by atoms with E-state index >= 15 is 0 Å². The van der Waals surface area contributed by atoms with Crippen molar-refractivity contribution in [2.45, 2.75) is 0 Å². The summed E-state index contributed by atoms with van der Waals surface area (Å²) in [5, 5.41) is 9.45. The summed E-state index contributed by atoms with van der Waals surface area (Å²) >= 11 is 8.14. The van der Waals surface area contributed by atoms with Gasteiger partial charge in [0.1, 0.15) is 0 Å². The first-order valence-corrected chi connectivity index (χ1v) is 7.22. The first-order valence-electron chi connectivity index (χ1n) is 5.76. The molecule has 0 radical (unpaired) electrons. The van der Waals surface area contributed by atoms with Crippen LogP contribution in [0.4, 0.5) is 5.69 Å². The Balaban J connectivity index is 2.32. The Kier molecular flexibility index (Phi) is 4.63. The number of hydrogen-bond acceptors (Lipinski definition) is 2. The van der Waals surface area contributed by atoms with E-state index in [4.69, 9.17) is 16.9 Å². The van der Waals surface area contributed by atoms with Gasteiger partial charge in [0, 0.05) is 21.9 Å². The summed E-state index contributed by atoms with van der Waals surface area (Å²) in [6.45, 7) is 0. The normalized spacial score (nSPS) is 9.90. The van der Waals surface area contributed by atoms with Crippen LogP contribution in [0.25, 0.3) is 0 Å². The standard InChI is InChI=1S/C15H10ClIN2O/c1-19(12-4-2-3-10(7-12)9-18)15(20)11-5-6-14(17)13(16)8-11/h2-8H,1H3. The molecule has 0 aliphatic heterocycles. The number of carbonyl (C=O) groups excluding carboxylic acids is 1. The molecule has 0 aromatic heterocycles. The fraction of sp³-hybridized carbons (Fsp3) is 0.0667. The molecule has 20 heavy (non-hydrogen) atoms. The molecule has 0 saturated heterocycles. The van der Waals surface area contributed by atoms with E-state index in [9.17, 15) is 4.79 Å². The average Bonchev–Trinajstić information content (AvgIpc) is 2.48. The van der Waals surface area contributed by atoms with Crippen molar-refractivity contribution in [3.05, 3.63) is 62.2 Å². The second-order valence-corrected chi connectivity index (χ2v) is 5.72. The van der Waals surface area contributed by atoms with E-state index in [1.807, 2.05) is 0 Å². The Hall–Kier alpha value is -1.58. The van der Waals surface area contributed by atoms with Gasteiger partial charge in [-0.1, -0.05) is 17.7 Å². The molecular formula is C15H10ClIN2O. The zero-order valence-electron chi connectivity index (χ0n) is 10.6. The lowest BCUT2D eigenvalue weighted by Crippen LogP contribution is -2.26. The molecule has 2 aromatic rings. The Morgan fingerprint density at radius 2 is 2.05 bits per heavy atom. The van der Waals surface area contributed by atoms with Crippen LogP contribution in [-0.2, 0) is 0 Å². The highest BCUT2D eigenvalue weighted by molar-refractivity contribution is 14.1. The monoisotopic (exact) mass is 396 g/mol. The molecular weight excluding hydrogens is 387 g/mol. The lowest BCUT2D eigenvalue weighted by molar-refractivity contribution is 0.0993. The summed E-state index contributed by atoms with van der Waals surface area (Å²) in [5.74, 6) is -0.168. The van der Waals surface area contributed by atoms with Crippen LogP contribution in [0.15, 0.2) is 42.5 Å². The predicted molar refractivity (Wildman–Crippen MR) is 88.1 cm³/mol. The van der Waals surface area contributed by atoms with Crippen LogP contribution in [0.2, 0.25) is 5.02 Å². The second-order valence-electron chi connectivity index (χ2n) is 4.16. The van der Waals surface area contributed by atoms with Gasteiger partial charge in [-0.2, -0.15) is 5.26 Å². The van der Waals surface area contributed by atoms with Gasteiger partial charge in [0.05, 0.1) is 16.7 Å². The molecule has 0 aliphatic carbocycles. The Bertz CT molecular complexity index is 709. The summed E-state index contributed by atoms with van der Waals surface area (Å²) in [4.78, 5) is 13.9. The van der Waals surface area contributed by atoms with Crippen molar-refractivity contribution in [3.8, 4) is 6.07 Å². The molecule has 0 spiro atoms. The maximum Gasteiger partial charge on any atom is 0.258 e. The third kappa shape index (κ3) is 3.11. The Morgan fingerprint density at radius 3 is 2.70 bits per heavy atom. The lowest BCUT2D eigenvalue weighted by Gasteiger charge is -2.17. The van der Waals surface area contributed by atoms with Crippen LogP contribution in [0.3, 0.4) is 0 Å². The number of hydrogen-bond donors (Lipinski definition) is 0. The molecule has 3 nitrogen and oxygen atoms in total. The molecule has 0 saturated carbocycles. The highest BCUT2D eigenvalue weighted by Crippen LogP contribution is 2.22. The van der Waals surface area contributed by atoms with Gasteiger partial charge in [-0.3, -0.25) is 4.79 Å². The van der Waals surface area contributed by atoms with Crippen LogP contribution in [0, 0.1) is 14.9 Å². The van der Waals surface area contributed by atoms with Crippen molar-refractivity contribution in [1.29, 1.82) is 5.26 Å². The highest BCUT2D eigenvalue weighted by Gasteiger charge is 2.14. The van der Waals surface area contributed by atoms with Gasteiger partial charge >= 0.3 is 0 Å². The molecule has 0 atom stereocenters. The minimum atomic E-state index is -0.168. The summed E-state index contributed by atoms with van der Waals surface area (Å²) in [5.41, 5.74) is 1.70. The fourth-order valence-corrected chi connectivity index (χ4v) is 2.24. The third-order valence-electron chi connectivity index (χ3n) is 2.83. The van der Waals surface area contributed by atoms with Crippen molar-refractivity contribution in [1.82, 2.24) is 0 Å². The molecule has 0 aliphatic rings. The molecule has 5 heteroatoms. The van der Waals surface area contributed by atoms with E-state index in [2.05, 4.69) is 28.7 Å². The second kappa shape index (κ2) is 6.25. The average molecular weight is 397 g/mol. The van der Waals surface area contributed by atoms with E-state index in [1.54, 1.807) is 49.5 Å². The molecule has 100 valence electrons. The number of amides is 1. The minimum absolute atomic E-state index is 0.168. The number of nitrogens with zero attached hydrogens (tertiary/aromatic N) is 2. The summed E-state index contributed by atoms with van der Waals surface area (Å²) in [6, 6.07) is 14.1. The highest BCUT2D eigenvalue weighted by atomic mass is 127. The maximum absolute atomic E-state index is 12.4. The largest absolute Gasteiger partial charge is 0.311 e. The molecule has 2 aromatic carbocycles. The zero-order chi connectivity index (χ0) is 14.7. The Morgan fingerprint density at radius 1 is 1.30 bits per heavy atom. The molecule has 0 unspecified atom stereocenters. The summed E-state index contributed by atoms with van der Waals surface area (Å²) < 4.78 is 0.898. The summed E-state index contributed by atoms with van der Waals surface area (Å²) in [6.07, 6.45) is 0. The molecule has 1 amide bonds. The van der Waals surface area contributed by atoms with E-state index in [0.717, 1.165) is 3.57 Å².